The zero-order valence-electron chi connectivity index (χ0n) is 12.2. The molecule has 0 bridgehead atoms. The summed E-state index contributed by atoms with van der Waals surface area (Å²) < 4.78 is 0. The standard InChI is InChI=1S/C16H12Cl3N3O2/c17-12-6-5-11(14(19)7-12)8-20-15(23)16(24)22-21-9-10-3-1-2-4-13(10)18/h1-7,9H,8H2,(H,20,23)(H,22,24). The molecule has 0 saturated heterocycles. The smallest absolute Gasteiger partial charge is 0.329 e. The first-order valence-corrected chi connectivity index (χ1v) is 7.90. The highest BCUT2D eigenvalue weighted by Crippen LogP contribution is 2.20. The molecule has 0 saturated carbocycles. The first-order valence-electron chi connectivity index (χ1n) is 6.77. The van der Waals surface area contributed by atoms with Crippen molar-refractivity contribution < 1.29 is 9.59 Å². The van der Waals surface area contributed by atoms with Gasteiger partial charge in [-0.3, -0.25) is 9.59 Å². The van der Waals surface area contributed by atoms with Crippen LogP contribution in [0.4, 0.5) is 0 Å². The van der Waals surface area contributed by atoms with Crippen LogP contribution >= 0.6 is 34.8 Å². The van der Waals surface area contributed by atoms with Crippen LogP contribution in [0.5, 0.6) is 0 Å². The molecule has 2 aromatic rings. The van der Waals surface area contributed by atoms with Gasteiger partial charge in [0.05, 0.1) is 6.21 Å². The predicted octanol–water partition coefficient (Wildman–Crippen LogP) is 3.41. The van der Waals surface area contributed by atoms with Gasteiger partial charge in [0.1, 0.15) is 0 Å². The fourth-order valence-corrected chi connectivity index (χ4v) is 2.37. The number of rotatable bonds is 4. The Kier molecular flexibility index (Phi) is 6.61. The highest BCUT2D eigenvalue weighted by atomic mass is 35.5. The van der Waals surface area contributed by atoms with Gasteiger partial charge in [-0.2, -0.15) is 5.10 Å². The fraction of sp³-hybridized carbons (Fsp3) is 0.0625. The molecule has 2 rings (SSSR count). The van der Waals surface area contributed by atoms with Crippen LogP contribution in [-0.4, -0.2) is 18.0 Å². The SMILES string of the molecule is O=C(NCc1ccc(Cl)cc1Cl)C(=O)NN=Cc1ccccc1Cl. The Balaban J connectivity index is 1.86. The quantitative estimate of drug-likeness (QED) is 0.482. The molecular formula is C16H12Cl3N3O2. The highest BCUT2D eigenvalue weighted by Gasteiger charge is 2.13. The molecule has 0 radical (unpaired) electrons. The van der Waals surface area contributed by atoms with E-state index in [0.717, 1.165) is 0 Å². The number of hydrogen-bond acceptors (Lipinski definition) is 3. The topological polar surface area (TPSA) is 70.6 Å². The van der Waals surface area contributed by atoms with E-state index >= 15 is 0 Å². The molecule has 0 spiro atoms. The van der Waals surface area contributed by atoms with E-state index in [-0.39, 0.29) is 6.54 Å². The van der Waals surface area contributed by atoms with Crippen LogP contribution in [0.15, 0.2) is 47.6 Å². The number of nitrogens with one attached hydrogen (secondary N) is 2. The molecule has 2 aromatic carbocycles. The molecule has 24 heavy (non-hydrogen) atoms. The molecule has 2 amide bonds. The number of nitrogens with zero attached hydrogens (tertiary/aromatic N) is 1. The van der Waals surface area contributed by atoms with E-state index in [9.17, 15) is 9.59 Å². The van der Waals surface area contributed by atoms with E-state index in [4.69, 9.17) is 34.8 Å². The first-order chi connectivity index (χ1) is 11.5. The Labute approximate surface area is 153 Å². The zero-order chi connectivity index (χ0) is 17.5. The lowest BCUT2D eigenvalue weighted by Gasteiger charge is -2.06. The van der Waals surface area contributed by atoms with E-state index in [1.165, 1.54) is 6.21 Å². The highest BCUT2D eigenvalue weighted by molar-refractivity contribution is 6.36. The number of benzene rings is 2. The third-order valence-corrected chi connectivity index (χ3v) is 3.87. The van der Waals surface area contributed by atoms with Gasteiger partial charge in [-0.25, -0.2) is 5.43 Å². The van der Waals surface area contributed by atoms with Crippen molar-refractivity contribution >= 4 is 52.8 Å². The molecule has 0 aliphatic carbocycles. The lowest BCUT2D eigenvalue weighted by molar-refractivity contribution is -0.139. The summed E-state index contributed by atoms with van der Waals surface area (Å²) in [5.41, 5.74) is 3.38. The molecule has 0 aliphatic rings. The molecule has 0 atom stereocenters. The maximum Gasteiger partial charge on any atom is 0.329 e. The second kappa shape index (κ2) is 8.68. The molecule has 0 fully saturated rings. The summed E-state index contributed by atoms with van der Waals surface area (Å²) in [5, 5.41) is 7.51. The van der Waals surface area contributed by atoms with Gasteiger partial charge in [0.15, 0.2) is 0 Å². The van der Waals surface area contributed by atoms with Crippen molar-refractivity contribution in [3.63, 3.8) is 0 Å². The van der Waals surface area contributed by atoms with Crippen LogP contribution in [0.2, 0.25) is 15.1 Å². The van der Waals surface area contributed by atoms with Crippen LogP contribution in [0.25, 0.3) is 0 Å². The first kappa shape index (κ1) is 18.3. The molecule has 0 heterocycles. The Morgan fingerprint density at radius 2 is 1.75 bits per heavy atom. The minimum Gasteiger partial charge on any atom is -0.344 e. The number of carbonyl (C=O) groups is 2. The third-order valence-electron chi connectivity index (χ3n) is 2.94. The Morgan fingerprint density at radius 1 is 1.00 bits per heavy atom. The maximum atomic E-state index is 11.7. The Bertz CT molecular complexity index is 794. The number of halogens is 3. The monoisotopic (exact) mass is 383 g/mol. The van der Waals surface area contributed by atoms with Crippen molar-refractivity contribution in [1.29, 1.82) is 0 Å². The summed E-state index contributed by atoms with van der Waals surface area (Å²) in [5.74, 6) is -1.74. The van der Waals surface area contributed by atoms with Gasteiger partial charge in [-0.1, -0.05) is 59.1 Å². The molecule has 0 aliphatic heterocycles. The molecule has 5 nitrogen and oxygen atoms in total. The van der Waals surface area contributed by atoms with Crippen LogP contribution in [-0.2, 0) is 16.1 Å². The summed E-state index contributed by atoms with van der Waals surface area (Å²) in [6.07, 6.45) is 1.35. The lowest BCUT2D eigenvalue weighted by atomic mass is 10.2. The molecule has 2 N–H and O–H groups in total. The van der Waals surface area contributed by atoms with Crippen molar-refractivity contribution in [2.45, 2.75) is 6.54 Å². The fourth-order valence-electron chi connectivity index (χ4n) is 1.71. The van der Waals surface area contributed by atoms with E-state index < -0.39 is 11.8 Å². The molecule has 0 unspecified atom stereocenters. The number of carbonyl (C=O) groups excluding carboxylic acids is 2. The lowest BCUT2D eigenvalue weighted by Crippen LogP contribution is -2.37. The van der Waals surface area contributed by atoms with Gasteiger partial charge in [0.2, 0.25) is 0 Å². The van der Waals surface area contributed by atoms with Crippen molar-refractivity contribution in [3.8, 4) is 0 Å². The minimum atomic E-state index is -0.900. The molecule has 0 aromatic heterocycles. The summed E-state index contributed by atoms with van der Waals surface area (Å²) in [7, 11) is 0. The number of amides is 2. The average Bonchev–Trinajstić information content (AvgIpc) is 2.55. The Morgan fingerprint density at radius 3 is 2.46 bits per heavy atom. The summed E-state index contributed by atoms with van der Waals surface area (Å²) in [6.45, 7) is 0.0937. The van der Waals surface area contributed by atoms with Crippen LogP contribution in [0.3, 0.4) is 0 Å². The van der Waals surface area contributed by atoms with Gasteiger partial charge >= 0.3 is 11.8 Å². The largest absolute Gasteiger partial charge is 0.344 e. The van der Waals surface area contributed by atoms with Crippen molar-refractivity contribution in [3.05, 3.63) is 68.7 Å². The van der Waals surface area contributed by atoms with Crippen molar-refractivity contribution in [2.24, 2.45) is 5.10 Å². The van der Waals surface area contributed by atoms with Gasteiger partial charge in [0, 0.05) is 27.2 Å². The third kappa shape index (κ3) is 5.23. The number of hydrazone groups is 1. The number of hydrogen-bond donors (Lipinski definition) is 2. The van der Waals surface area contributed by atoms with Gasteiger partial charge in [0.25, 0.3) is 0 Å². The average molecular weight is 385 g/mol. The van der Waals surface area contributed by atoms with Crippen molar-refractivity contribution in [1.82, 2.24) is 10.7 Å². The summed E-state index contributed by atoms with van der Waals surface area (Å²) >= 11 is 17.7. The van der Waals surface area contributed by atoms with E-state index in [0.29, 0.717) is 26.2 Å². The van der Waals surface area contributed by atoms with Crippen molar-refractivity contribution in [2.75, 3.05) is 0 Å². The van der Waals surface area contributed by atoms with E-state index in [2.05, 4.69) is 15.8 Å². The van der Waals surface area contributed by atoms with Crippen LogP contribution in [0.1, 0.15) is 11.1 Å². The second-order valence-corrected chi connectivity index (χ2v) is 5.89. The van der Waals surface area contributed by atoms with E-state index in [1.54, 1.807) is 42.5 Å². The minimum absolute atomic E-state index is 0.0937. The van der Waals surface area contributed by atoms with Gasteiger partial charge in [-0.05, 0) is 23.8 Å². The summed E-state index contributed by atoms with van der Waals surface area (Å²) in [6, 6.07) is 11.8. The van der Waals surface area contributed by atoms with E-state index in [1.807, 2.05) is 0 Å². The molecule has 124 valence electrons. The van der Waals surface area contributed by atoms with Crippen LogP contribution in [0, 0.1) is 0 Å². The molecular weight excluding hydrogens is 373 g/mol. The van der Waals surface area contributed by atoms with Gasteiger partial charge in [-0.15, -0.1) is 0 Å². The Hall–Kier alpha value is -2.08. The molecule has 8 heteroatoms. The van der Waals surface area contributed by atoms with Crippen LogP contribution < -0.4 is 10.7 Å². The normalized spacial score (nSPS) is 10.6. The summed E-state index contributed by atoms with van der Waals surface area (Å²) in [4.78, 5) is 23.4. The van der Waals surface area contributed by atoms with Gasteiger partial charge < -0.3 is 5.32 Å². The zero-order valence-corrected chi connectivity index (χ0v) is 14.5. The predicted molar refractivity (Wildman–Crippen MR) is 95.5 cm³/mol. The second-order valence-electron chi connectivity index (χ2n) is 4.64. The maximum absolute atomic E-state index is 11.7.